The van der Waals surface area contributed by atoms with Gasteiger partial charge in [-0.15, -0.1) is 0 Å². The summed E-state index contributed by atoms with van der Waals surface area (Å²) in [7, 11) is 1.53. The Morgan fingerprint density at radius 3 is 2.58 bits per heavy atom. The van der Waals surface area contributed by atoms with Crippen molar-refractivity contribution in [1.29, 1.82) is 0 Å². The van der Waals surface area contributed by atoms with Crippen molar-refractivity contribution in [1.82, 2.24) is 0 Å². The van der Waals surface area contributed by atoms with E-state index in [0.717, 1.165) is 16.8 Å². The first-order valence-corrected chi connectivity index (χ1v) is 8.32. The maximum atomic E-state index is 12.3. The number of benzene rings is 1. The quantitative estimate of drug-likeness (QED) is 0.901. The Hall–Kier alpha value is -3.02. The second-order valence-electron chi connectivity index (χ2n) is 6.84. The number of allylic oxidation sites excluding steroid dienone is 1. The van der Waals surface area contributed by atoms with Crippen LogP contribution in [-0.4, -0.2) is 24.5 Å². The summed E-state index contributed by atoms with van der Waals surface area (Å²) in [6.07, 6.45) is 3.49. The Morgan fingerprint density at radius 2 is 2.00 bits per heavy atom. The van der Waals surface area contributed by atoms with Crippen molar-refractivity contribution in [2.24, 2.45) is 0 Å². The number of ether oxygens (including phenoxy) is 1. The normalized spacial score (nSPS) is 15.1. The summed E-state index contributed by atoms with van der Waals surface area (Å²) in [4.78, 5) is 26.3. The molecular weight excluding hydrogens is 332 g/mol. The molecule has 1 aromatic carbocycles. The molecule has 0 aliphatic carbocycles. The van der Waals surface area contributed by atoms with Crippen molar-refractivity contribution in [3.05, 3.63) is 47.9 Å². The zero-order valence-electron chi connectivity index (χ0n) is 15.5. The third-order valence-electron chi connectivity index (χ3n) is 4.44. The van der Waals surface area contributed by atoms with Crippen LogP contribution in [0.15, 0.2) is 41.0 Å². The van der Waals surface area contributed by atoms with E-state index in [2.05, 4.69) is 5.32 Å². The summed E-state index contributed by atoms with van der Waals surface area (Å²) in [5.41, 5.74) is 2.72. The number of furan rings is 1. The highest BCUT2D eigenvalue weighted by atomic mass is 16.5. The lowest BCUT2D eigenvalue weighted by atomic mass is 9.88. The largest absolute Gasteiger partial charge is 0.494 e. The van der Waals surface area contributed by atoms with E-state index in [4.69, 9.17) is 9.15 Å². The molecule has 136 valence electrons. The molecule has 0 saturated heterocycles. The molecule has 26 heavy (non-hydrogen) atoms. The second kappa shape index (κ2) is 6.37. The number of nitrogens with zero attached hydrogens (tertiary/aromatic N) is 1. The lowest BCUT2D eigenvalue weighted by molar-refractivity contribution is -0.117. The van der Waals surface area contributed by atoms with Gasteiger partial charge in [0.05, 0.1) is 30.3 Å². The summed E-state index contributed by atoms with van der Waals surface area (Å²) in [6.45, 7) is 7.50. The van der Waals surface area contributed by atoms with Crippen LogP contribution in [0, 0.1) is 0 Å². The van der Waals surface area contributed by atoms with Crippen molar-refractivity contribution in [2.45, 2.75) is 33.2 Å². The van der Waals surface area contributed by atoms with Crippen LogP contribution in [0.3, 0.4) is 0 Å². The first-order valence-electron chi connectivity index (χ1n) is 8.32. The number of hydrogen-bond donors (Lipinski definition) is 1. The predicted octanol–water partition coefficient (Wildman–Crippen LogP) is 4.09. The number of amides is 2. The maximum absolute atomic E-state index is 12.3. The molecule has 0 bridgehead atoms. The van der Waals surface area contributed by atoms with Crippen molar-refractivity contribution in [3.8, 4) is 5.75 Å². The van der Waals surface area contributed by atoms with E-state index in [-0.39, 0.29) is 17.6 Å². The Bertz CT molecular complexity index is 895. The second-order valence-corrected chi connectivity index (χ2v) is 6.84. The average molecular weight is 354 g/mol. The molecule has 6 heteroatoms. The molecule has 2 amide bonds. The van der Waals surface area contributed by atoms with Crippen LogP contribution >= 0.6 is 0 Å². The van der Waals surface area contributed by atoms with Gasteiger partial charge in [0.15, 0.2) is 5.76 Å². The fraction of sp³-hybridized carbons (Fsp3) is 0.300. The van der Waals surface area contributed by atoms with Crippen molar-refractivity contribution in [3.63, 3.8) is 0 Å². The highest BCUT2D eigenvalue weighted by molar-refractivity contribution is 6.05. The van der Waals surface area contributed by atoms with Gasteiger partial charge < -0.3 is 19.4 Å². The van der Waals surface area contributed by atoms with E-state index >= 15 is 0 Å². The highest BCUT2D eigenvalue weighted by Gasteiger charge is 2.35. The molecule has 6 nitrogen and oxygen atoms in total. The topological polar surface area (TPSA) is 71.8 Å². The number of hydrogen-bond acceptors (Lipinski definition) is 4. The average Bonchev–Trinajstić information content (AvgIpc) is 3.08. The number of anilines is 2. The Balaban J connectivity index is 2.09. The fourth-order valence-corrected chi connectivity index (χ4v) is 3.49. The molecular formula is C20H22N2O4. The van der Waals surface area contributed by atoms with Crippen LogP contribution in [0.1, 0.15) is 43.8 Å². The van der Waals surface area contributed by atoms with Gasteiger partial charge in [-0.05, 0) is 44.5 Å². The number of rotatable bonds is 3. The van der Waals surface area contributed by atoms with Crippen molar-refractivity contribution < 1.29 is 18.7 Å². The van der Waals surface area contributed by atoms with E-state index in [0.29, 0.717) is 11.4 Å². The molecule has 1 aliphatic heterocycles. The zero-order chi connectivity index (χ0) is 19.1. The van der Waals surface area contributed by atoms with E-state index in [1.165, 1.54) is 13.4 Å². The zero-order valence-corrected chi connectivity index (χ0v) is 15.5. The molecule has 0 atom stereocenters. The van der Waals surface area contributed by atoms with Crippen LogP contribution in [0.5, 0.6) is 5.75 Å². The standard InChI is InChI=1S/C20H22N2O4/c1-12-11-20(3,4)22(13(2)23)16-10-18(25-5)15(9-14(12)16)21-19(24)17-7-6-8-26-17/h6-11H,1-5H3,(H,21,24). The van der Waals surface area contributed by atoms with Crippen LogP contribution in [0.4, 0.5) is 11.4 Å². The van der Waals surface area contributed by atoms with Crippen molar-refractivity contribution >= 4 is 28.8 Å². The van der Waals surface area contributed by atoms with Crippen molar-refractivity contribution in [2.75, 3.05) is 17.3 Å². The third kappa shape index (κ3) is 2.98. The molecule has 1 N–H and O–H groups in total. The minimum Gasteiger partial charge on any atom is -0.494 e. The molecule has 0 radical (unpaired) electrons. The molecule has 1 aliphatic rings. The highest BCUT2D eigenvalue weighted by Crippen LogP contribution is 2.43. The molecule has 0 saturated carbocycles. The third-order valence-corrected chi connectivity index (χ3v) is 4.44. The number of methoxy groups -OCH3 is 1. The Morgan fingerprint density at radius 1 is 1.27 bits per heavy atom. The van der Waals surface area contributed by atoms with E-state index < -0.39 is 5.54 Å². The monoisotopic (exact) mass is 354 g/mol. The minimum atomic E-state index is -0.452. The minimum absolute atomic E-state index is 0.0607. The summed E-state index contributed by atoms with van der Waals surface area (Å²) >= 11 is 0. The lowest BCUT2D eigenvalue weighted by Crippen LogP contribution is -2.47. The molecule has 0 fully saturated rings. The summed E-state index contributed by atoms with van der Waals surface area (Å²) in [5, 5.41) is 2.81. The number of carbonyl (C=O) groups excluding carboxylic acids is 2. The van der Waals surface area contributed by atoms with Crippen LogP contribution in [-0.2, 0) is 4.79 Å². The number of nitrogens with one attached hydrogen (secondary N) is 1. The maximum Gasteiger partial charge on any atom is 0.291 e. The number of carbonyl (C=O) groups is 2. The van der Waals surface area contributed by atoms with Gasteiger partial charge in [0.1, 0.15) is 5.75 Å². The Labute approximate surface area is 152 Å². The van der Waals surface area contributed by atoms with Gasteiger partial charge in [-0.25, -0.2) is 0 Å². The van der Waals surface area contributed by atoms with Gasteiger partial charge in [-0.2, -0.15) is 0 Å². The molecule has 2 aromatic rings. The van der Waals surface area contributed by atoms with Gasteiger partial charge in [0, 0.05) is 18.6 Å². The predicted molar refractivity (Wildman–Crippen MR) is 101 cm³/mol. The van der Waals surface area contributed by atoms with E-state index in [1.807, 2.05) is 32.9 Å². The van der Waals surface area contributed by atoms with Crippen LogP contribution in [0.2, 0.25) is 0 Å². The van der Waals surface area contributed by atoms with Gasteiger partial charge in [0.25, 0.3) is 5.91 Å². The summed E-state index contributed by atoms with van der Waals surface area (Å²) in [6, 6.07) is 6.85. The molecule has 0 unspecified atom stereocenters. The molecule has 2 heterocycles. The Kier molecular flexibility index (Phi) is 4.36. The van der Waals surface area contributed by atoms with E-state index in [9.17, 15) is 9.59 Å². The molecule has 3 rings (SSSR count). The number of fused-ring (bicyclic) bond motifs is 1. The summed E-state index contributed by atoms with van der Waals surface area (Å²) < 4.78 is 10.6. The first-order chi connectivity index (χ1) is 12.2. The SMILES string of the molecule is COc1cc2c(cc1NC(=O)c1ccco1)C(C)=CC(C)(C)N2C(C)=O. The van der Waals surface area contributed by atoms with Gasteiger partial charge in [0.2, 0.25) is 5.91 Å². The fourth-order valence-electron chi connectivity index (χ4n) is 3.49. The van der Waals surface area contributed by atoms with Gasteiger partial charge in [-0.1, -0.05) is 6.08 Å². The molecule has 1 aromatic heterocycles. The molecule has 0 spiro atoms. The first kappa shape index (κ1) is 17.8. The van der Waals surface area contributed by atoms with E-state index in [1.54, 1.807) is 30.0 Å². The van der Waals surface area contributed by atoms with Gasteiger partial charge >= 0.3 is 0 Å². The van der Waals surface area contributed by atoms with Crippen LogP contribution < -0.4 is 15.0 Å². The smallest absolute Gasteiger partial charge is 0.291 e. The van der Waals surface area contributed by atoms with Crippen LogP contribution in [0.25, 0.3) is 5.57 Å². The van der Waals surface area contributed by atoms with Gasteiger partial charge in [-0.3, -0.25) is 9.59 Å². The lowest BCUT2D eigenvalue weighted by Gasteiger charge is -2.41. The summed E-state index contributed by atoms with van der Waals surface area (Å²) in [5.74, 6) is 0.257.